The molecule has 3 aliphatic carbocycles. The summed E-state index contributed by atoms with van der Waals surface area (Å²) in [6, 6.07) is 33.8. The van der Waals surface area contributed by atoms with Crippen LogP contribution in [0.25, 0.3) is 0 Å². The van der Waals surface area contributed by atoms with Crippen molar-refractivity contribution in [3.8, 4) is 18.2 Å². The number of hydrogen-bond acceptors (Lipinski definition) is 11. The normalized spacial score (nSPS) is 20.3. The summed E-state index contributed by atoms with van der Waals surface area (Å²) in [5.41, 5.74) is 1.18. The van der Waals surface area contributed by atoms with Gasteiger partial charge in [-0.05, 0) is 110 Å². The average Bonchev–Trinajstić information content (AvgIpc) is 2.67. The van der Waals surface area contributed by atoms with Crippen LogP contribution in [0.2, 0.25) is 0 Å². The van der Waals surface area contributed by atoms with Crippen molar-refractivity contribution >= 4 is 23.1 Å². The monoisotopic (exact) mass is 1140 g/mol. The number of dihydropyridines is 1. The second-order valence-corrected chi connectivity index (χ2v) is 19.6. The van der Waals surface area contributed by atoms with Crippen molar-refractivity contribution in [1.29, 1.82) is 15.8 Å². The van der Waals surface area contributed by atoms with Gasteiger partial charge in [0.05, 0.1) is 34.9 Å². The highest BCUT2D eigenvalue weighted by Gasteiger charge is 2.58. The fourth-order valence-corrected chi connectivity index (χ4v) is 10.4. The van der Waals surface area contributed by atoms with Crippen LogP contribution < -0.4 is 16.0 Å². The van der Waals surface area contributed by atoms with Gasteiger partial charge in [-0.15, -0.1) is 0 Å². The first kappa shape index (κ1) is 66.2. The summed E-state index contributed by atoms with van der Waals surface area (Å²) < 4.78 is 119. The molecule has 5 atom stereocenters. The molecule has 0 saturated carbocycles. The van der Waals surface area contributed by atoms with Crippen LogP contribution in [0.15, 0.2) is 149 Å². The van der Waals surface area contributed by atoms with E-state index in [1.807, 2.05) is 55.5 Å². The van der Waals surface area contributed by atoms with Gasteiger partial charge in [-0.25, -0.2) is 0 Å². The highest BCUT2D eigenvalue weighted by atomic mass is 19.4. The van der Waals surface area contributed by atoms with Gasteiger partial charge in [-0.3, -0.25) is 19.2 Å². The van der Waals surface area contributed by atoms with E-state index < -0.39 is 66.3 Å². The van der Waals surface area contributed by atoms with Gasteiger partial charge >= 0.3 is 18.5 Å². The second-order valence-electron chi connectivity index (χ2n) is 19.6. The molecule has 0 bridgehead atoms. The first-order chi connectivity index (χ1) is 37.3. The molecule has 2 aliphatic heterocycles. The lowest BCUT2D eigenvalue weighted by Crippen LogP contribution is -2.60. The number of halogens is 9. The van der Waals surface area contributed by atoms with Gasteiger partial charge in [-0.2, -0.15) is 55.3 Å². The molecule has 20 heteroatoms. The SMILES string of the molecule is C.C.C.C[C@@H](NC1=C([C@@H](CC(=O)C(F)(F)F)c2cccc(C#N)c2)C(=O)CCC1)c1ccccc1.N#Cc1cccc([C@@H]2C=C(C(F)(F)F)NC3=C2C(=O)CCC3)c1.N#Cc1cccc([C@@H]2CC(O)(C(F)(F)F)NC3=C2C(=O)CCC3)c1. The third kappa shape index (κ3) is 15.4. The van der Waals surface area contributed by atoms with Crippen molar-refractivity contribution in [3.63, 3.8) is 0 Å². The third-order valence-electron chi connectivity index (χ3n) is 14.2. The maximum atomic E-state index is 13.3. The number of aliphatic hydroxyl groups is 1. The molecule has 9 rings (SSSR count). The number of allylic oxidation sites excluding steroid dienone is 8. The number of carbonyl (C=O) groups excluding carboxylic acids is 4. The Balaban J connectivity index is 0.000000264. The largest absolute Gasteiger partial charge is 0.450 e. The summed E-state index contributed by atoms with van der Waals surface area (Å²) in [5.74, 6) is -5.27. The van der Waals surface area contributed by atoms with Gasteiger partial charge in [-0.1, -0.05) is 89.0 Å². The Morgan fingerprint density at radius 3 is 1.74 bits per heavy atom. The summed E-state index contributed by atoms with van der Waals surface area (Å²) in [7, 11) is 0. The van der Waals surface area contributed by atoms with Crippen LogP contribution in [0.1, 0.15) is 163 Å². The Kier molecular flexibility index (Phi) is 22.2. The summed E-state index contributed by atoms with van der Waals surface area (Å²) in [5, 5.41) is 45.2. The maximum Gasteiger partial charge on any atom is 0.450 e. The van der Waals surface area contributed by atoms with Gasteiger partial charge in [0.1, 0.15) is 5.70 Å². The van der Waals surface area contributed by atoms with Gasteiger partial charge in [0.15, 0.2) is 17.3 Å². The minimum atomic E-state index is -5.01. The first-order valence-corrected chi connectivity index (χ1v) is 25.2. The Morgan fingerprint density at radius 1 is 0.659 bits per heavy atom. The van der Waals surface area contributed by atoms with Crippen LogP contribution in [-0.2, 0) is 19.2 Å². The number of nitrogens with zero attached hydrogens (tertiary/aromatic N) is 3. The summed E-state index contributed by atoms with van der Waals surface area (Å²) in [4.78, 5) is 49.5. The van der Waals surface area contributed by atoms with Crippen LogP contribution >= 0.6 is 0 Å². The maximum absolute atomic E-state index is 13.3. The van der Waals surface area contributed by atoms with Crippen LogP contribution in [-0.4, -0.2) is 52.5 Å². The number of ketones is 4. The number of nitrogens with one attached hydrogen (secondary N) is 3. The molecule has 0 radical (unpaired) electrons. The fraction of sp³-hybridized carbons (Fsp3) is 0.371. The molecular weight excluding hydrogens is 1080 g/mol. The predicted molar refractivity (Wildman–Crippen MR) is 289 cm³/mol. The quantitative estimate of drug-likeness (QED) is 0.116. The van der Waals surface area contributed by atoms with Crippen molar-refractivity contribution in [2.24, 2.45) is 0 Å². The van der Waals surface area contributed by atoms with E-state index >= 15 is 0 Å². The van der Waals surface area contributed by atoms with Crippen molar-refractivity contribution in [1.82, 2.24) is 16.0 Å². The molecule has 0 fully saturated rings. The van der Waals surface area contributed by atoms with E-state index in [9.17, 15) is 69.1 Å². The standard InChI is InChI=1S/C25H23F3N2O2.C17H15F3N2O2.C17H13F3N2O.3CH4/c1-16(18-8-3-2-4-9-18)30-21-11-6-12-22(31)24(21)20(14-23(32)25(26,27)28)19-10-5-7-17(13-19)15-29;18-17(19,20)16(24)8-12(11-4-1-3-10(7-11)9-21)15-13(22-16)5-2-6-14(15)23;18-17(19,20)15-8-12(11-4-1-3-10(7-11)9-21)16-13(22-15)5-2-6-14(16)23;;;/h2-5,7-10,13,16,20,30H,6,11-12,14H2,1H3;1,3-4,7,12,22,24H,2,5-6,8H2;1,3-4,7-8,12,22H,2,5-6H2;3*1H4/t16-,20+;12-,16?;12-;;;/m100.../s1. The summed E-state index contributed by atoms with van der Waals surface area (Å²) in [6.45, 7) is 1.91. The van der Waals surface area contributed by atoms with E-state index in [0.717, 1.165) is 11.6 Å². The molecular formula is C62H63F9N6O5. The van der Waals surface area contributed by atoms with E-state index in [1.165, 1.54) is 24.3 Å². The zero-order chi connectivity index (χ0) is 57.5. The minimum Gasteiger partial charge on any atom is -0.381 e. The summed E-state index contributed by atoms with van der Waals surface area (Å²) in [6.07, 6.45) is -11.4. The second kappa shape index (κ2) is 27.5. The van der Waals surface area contributed by atoms with Crippen molar-refractivity contribution < 1.29 is 63.8 Å². The van der Waals surface area contributed by atoms with E-state index in [1.54, 1.807) is 48.5 Å². The smallest absolute Gasteiger partial charge is 0.381 e. The highest BCUT2D eigenvalue weighted by Crippen LogP contribution is 2.47. The molecule has 4 N–H and O–H groups in total. The lowest BCUT2D eigenvalue weighted by molar-refractivity contribution is -0.275. The molecule has 0 aromatic heterocycles. The summed E-state index contributed by atoms with van der Waals surface area (Å²) >= 11 is 0. The molecule has 1 unspecified atom stereocenters. The third-order valence-corrected chi connectivity index (χ3v) is 14.2. The molecule has 2 heterocycles. The molecule has 5 aliphatic rings. The lowest BCUT2D eigenvalue weighted by Gasteiger charge is -2.43. The molecule has 0 amide bonds. The van der Waals surface area contributed by atoms with Crippen LogP contribution in [0, 0.1) is 34.0 Å². The molecule has 82 heavy (non-hydrogen) atoms. The minimum absolute atomic E-state index is 0. The van der Waals surface area contributed by atoms with Gasteiger partial charge in [0.2, 0.25) is 11.5 Å². The van der Waals surface area contributed by atoms with Crippen LogP contribution in [0.3, 0.4) is 0 Å². The van der Waals surface area contributed by atoms with Crippen molar-refractivity contribution in [2.75, 3.05) is 0 Å². The number of nitriles is 3. The van der Waals surface area contributed by atoms with E-state index in [-0.39, 0.29) is 81.8 Å². The van der Waals surface area contributed by atoms with Gasteiger partial charge in [0, 0.05) is 89.7 Å². The molecule has 434 valence electrons. The molecule has 4 aromatic carbocycles. The number of Topliss-reactive ketones (excluding diaryl/α,β-unsaturated/α-hetero) is 4. The van der Waals surface area contributed by atoms with E-state index in [2.05, 4.69) is 16.0 Å². The Labute approximate surface area is 470 Å². The molecule has 0 saturated heterocycles. The Hall–Kier alpha value is -8.28. The van der Waals surface area contributed by atoms with Gasteiger partial charge in [0.25, 0.3) is 0 Å². The number of benzene rings is 4. The molecule has 11 nitrogen and oxygen atoms in total. The predicted octanol–water partition coefficient (Wildman–Crippen LogP) is 14.0. The average molecular weight is 1140 g/mol. The zero-order valence-corrected chi connectivity index (χ0v) is 42.3. The topological polar surface area (TPSA) is 196 Å². The highest BCUT2D eigenvalue weighted by molar-refractivity contribution is 6.00. The van der Waals surface area contributed by atoms with Gasteiger partial charge < -0.3 is 21.1 Å². The van der Waals surface area contributed by atoms with Crippen molar-refractivity contribution in [2.45, 2.75) is 148 Å². The molecule has 4 aromatic rings. The van der Waals surface area contributed by atoms with Crippen LogP contribution in [0.5, 0.6) is 0 Å². The lowest BCUT2D eigenvalue weighted by atomic mass is 9.74. The van der Waals surface area contributed by atoms with Crippen molar-refractivity contribution in [3.05, 3.63) is 188 Å². The Bertz CT molecular complexity index is 3280. The first-order valence-electron chi connectivity index (χ1n) is 25.2. The Morgan fingerprint density at radius 2 is 1.17 bits per heavy atom. The van der Waals surface area contributed by atoms with E-state index in [0.29, 0.717) is 88.9 Å². The van der Waals surface area contributed by atoms with E-state index in [4.69, 9.17) is 10.5 Å². The number of alkyl halides is 9. The number of carbonyl (C=O) groups is 4. The van der Waals surface area contributed by atoms with Crippen LogP contribution in [0.4, 0.5) is 39.5 Å². The fourth-order valence-electron chi connectivity index (χ4n) is 10.4. The molecule has 0 spiro atoms. The number of rotatable bonds is 9. The number of hydrogen-bond donors (Lipinski definition) is 4. The zero-order valence-electron chi connectivity index (χ0n) is 42.3.